The largest absolute Gasteiger partial charge is 0.486 e. The molecule has 0 radical (unpaired) electrons. The fraction of sp³-hybridized carbons (Fsp3) is 0.429. The van der Waals surface area contributed by atoms with Gasteiger partial charge in [-0.2, -0.15) is 0 Å². The van der Waals surface area contributed by atoms with Crippen LogP contribution in [-0.2, 0) is 4.74 Å². The van der Waals surface area contributed by atoms with Crippen molar-refractivity contribution < 1.29 is 19.3 Å². The maximum absolute atomic E-state index is 8.59. The van der Waals surface area contributed by atoms with Crippen molar-refractivity contribution in [2.75, 3.05) is 33.0 Å². The summed E-state index contributed by atoms with van der Waals surface area (Å²) in [4.78, 5) is 0. The molecule has 0 bridgehead atoms. The lowest BCUT2D eigenvalue weighted by atomic mass is 10.2. The first-order valence-corrected chi connectivity index (χ1v) is 6.15. The summed E-state index contributed by atoms with van der Waals surface area (Å²) in [5.41, 5.74) is 1.06. The van der Waals surface area contributed by atoms with Crippen LogP contribution >= 0.6 is 0 Å². The number of fused-ring (bicyclic) bond motifs is 1. The third kappa shape index (κ3) is 3.75. The van der Waals surface area contributed by atoms with Gasteiger partial charge in [-0.1, -0.05) is 18.2 Å². The van der Waals surface area contributed by atoms with E-state index in [1.165, 1.54) is 0 Å². The Bertz CT molecular complexity index is 401. The van der Waals surface area contributed by atoms with E-state index in [-0.39, 0.29) is 6.61 Å². The SMILES string of the molecule is OCCCOC/C=C/c1ccc2c(c1)OCCO2. The van der Waals surface area contributed by atoms with Crippen LogP contribution in [0.1, 0.15) is 12.0 Å². The topological polar surface area (TPSA) is 47.9 Å². The molecule has 4 nitrogen and oxygen atoms in total. The van der Waals surface area contributed by atoms with Crippen molar-refractivity contribution in [2.45, 2.75) is 6.42 Å². The van der Waals surface area contributed by atoms with Gasteiger partial charge in [-0.3, -0.25) is 0 Å². The summed E-state index contributed by atoms with van der Waals surface area (Å²) in [6.07, 6.45) is 4.61. The maximum atomic E-state index is 8.59. The predicted molar refractivity (Wildman–Crippen MR) is 69.0 cm³/mol. The monoisotopic (exact) mass is 250 g/mol. The van der Waals surface area contributed by atoms with Gasteiger partial charge >= 0.3 is 0 Å². The van der Waals surface area contributed by atoms with E-state index in [2.05, 4.69) is 0 Å². The molecule has 98 valence electrons. The van der Waals surface area contributed by atoms with Gasteiger partial charge in [0.1, 0.15) is 13.2 Å². The van der Waals surface area contributed by atoms with Gasteiger partial charge in [-0.05, 0) is 24.1 Å². The average Bonchev–Trinajstić information content (AvgIpc) is 2.42. The minimum absolute atomic E-state index is 0.172. The summed E-state index contributed by atoms with van der Waals surface area (Å²) in [7, 11) is 0. The molecule has 1 heterocycles. The van der Waals surface area contributed by atoms with E-state index in [9.17, 15) is 0 Å². The number of ether oxygens (including phenoxy) is 3. The van der Waals surface area contributed by atoms with E-state index in [0.717, 1.165) is 17.1 Å². The number of benzene rings is 1. The third-order valence-corrected chi connectivity index (χ3v) is 2.54. The zero-order chi connectivity index (χ0) is 12.6. The minimum atomic E-state index is 0.172. The van der Waals surface area contributed by atoms with Gasteiger partial charge in [0, 0.05) is 13.2 Å². The molecule has 1 N–H and O–H groups in total. The molecule has 0 amide bonds. The second-order valence-electron chi connectivity index (χ2n) is 3.96. The van der Waals surface area contributed by atoms with Crippen molar-refractivity contribution in [3.8, 4) is 11.5 Å². The summed E-state index contributed by atoms with van der Waals surface area (Å²) in [6.45, 7) is 2.52. The van der Waals surface area contributed by atoms with Crippen molar-refractivity contribution in [1.29, 1.82) is 0 Å². The zero-order valence-electron chi connectivity index (χ0n) is 10.3. The van der Waals surface area contributed by atoms with Crippen LogP contribution in [0.3, 0.4) is 0 Å². The summed E-state index contributed by atoms with van der Waals surface area (Å²) in [5, 5.41) is 8.59. The molecular formula is C14H18O4. The van der Waals surface area contributed by atoms with E-state index < -0.39 is 0 Å². The maximum Gasteiger partial charge on any atom is 0.161 e. The van der Waals surface area contributed by atoms with Gasteiger partial charge in [-0.25, -0.2) is 0 Å². The Morgan fingerprint density at radius 2 is 2.06 bits per heavy atom. The summed E-state index contributed by atoms with van der Waals surface area (Å²) >= 11 is 0. The Labute approximate surface area is 107 Å². The molecule has 1 aromatic carbocycles. The highest BCUT2D eigenvalue weighted by atomic mass is 16.6. The first kappa shape index (κ1) is 12.9. The molecule has 0 aromatic heterocycles. The highest BCUT2D eigenvalue weighted by Crippen LogP contribution is 2.30. The lowest BCUT2D eigenvalue weighted by Crippen LogP contribution is -2.15. The van der Waals surface area contributed by atoms with Crippen molar-refractivity contribution >= 4 is 6.08 Å². The molecule has 0 fully saturated rings. The molecule has 4 heteroatoms. The van der Waals surface area contributed by atoms with Crippen LogP contribution in [0.2, 0.25) is 0 Å². The van der Waals surface area contributed by atoms with Crippen LogP contribution in [0.25, 0.3) is 6.08 Å². The first-order chi connectivity index (χ1) is 8.90. The predicted octanol–water partition coefficient (Wildman–Crippen LogP) is 1.87. The van der Waals surface area contributed by atoms with Gasteiger partial charge in [0.15, 0.2) is 11.5 Å². The van der Waals surface area contributed by atoms with Crippen molar-refractivity contribution in [2.24, 2.45) is 0 Å². The quantitative estimate of drug-likeness (QED) is 0.783. The van der Waals surface area contributed by atoms with E-state index in [4.69, 9.17) is 19.3 Å². The Balaban J connectivity index is 1.83. The van der Waals surface area contributed by atoms with Crippen LogP contribution in [-0.4, -0.2) is 38.1 Å². The molecule has 18 heavy (non-hydrogen) atoms. The molecule has 2 rings (SSSR count). The molecule has 0 aliphatic carbocycles. The second-order valence-corrected chi connectivity index (χ2v) is 3.96. The van der Waals surface area contributed by atoms with Gasteiger partial charge in [0.2, 0.25) is 0 Å². The van der Waals surface area contributed by atoms with Crippen molar-refractivity contribution in [3.63, 3.8) is 0 Å². The smallest absolute Gasteiger partial charge is 0.161 e. The normalized spacial score (nSPS) is 14.1. The minimum Gasteiger partial charge on any atom is -0.486 e. The summed E-state index contributed by atoms with van der Waals surface area (Å²) in [6, 6.07) is 5.86. The van der Waals surface area contributed by atoms with E-state index in [1.54, 1.807) is 0 Å². The Morgan fingerprint density at radius 1 is 1.22 bits per heavy atom. The van der Waals surface area contributed by atoms with E-state index in [0.29, 0.717) is 32.8 Å². The number of hydrogen-bond acceptors (Lipinski definition) is 4. The third-order valence-electron chi connectivity index (χ3n) is 2.54. The van der Waals surface area contributed by atoms with Crippen LogP contribution in [0.4, 0.5) is 0 Å². The van der Waals surface area contributed by atoms with Gasteiger partial charge in [-0.15, -0.1) is 0 Å². The Kier molecular flexibility index (Phi) is 5.05. The summed E-state index contributed by atoms with van der Waals surface area (Å²) in [5.74, 6) is 1.60. The highest BCUT2D eigenvalue weighted by Gasteiger charge is 2.10. The van der Waals surface area contributed by atoms with Crippen LogP contribution < -0.4 is 9.47 Å². The number of aliphatic hydroxyl groups excluding tert-OH is 1. The van der Waals surface area contributed by atoms with Crippen LogP contribution in [0, 0.1) is 0 Å². The van der Waals surface area contributed by atoms with Gasteiger partial charge < -0.3 is 19.3 Å². The zero-order valence-corrected chi connectivity index (χ0v) is 10.3. The molecular weight excluding hydrogens is 232 g/mol. The summed E-state index contributed by atoms with van der Waals surface area (Å²) < 4.78 is 16.3. The fourth-order valence-corrected chi connectivity index (χ4v) is 1.67. The van der Waals surface area contributed by atoms with Crippen molar-refractivity contribution in [3.05, 3.63) is 29.8 Å². The average molecular weight is 250 g/mol. The second kappa shape index (κ2) is 7.03. The van der Waals surface area contributed by atoms with E-state index >= 15 is 0 Å². The van der Waals surface area contributed by atoms with Crippen LogP contribution in [0.15, 0.2) is 24.3 Å². The van der Waals surface area contributed by atoms with E-state index in [1.807, 2.05) is 30.4 Å². The first-order valence-electron chi connectivity index (χ1n) is 6.15. The molecule has 0 spiro atoms. The standard InChI is InChI=1S/C14H18O4/c15-6-2-8-16-7-1-3-12-4-5-13-14(11-12)18-10-9-17-13/h1,3-5,11,15H,2,6-10H2/b3-1+. The lowest BCUT2D eigenvalue weighted by Gasteiger charge is -2.18. The molecule has 1 aromatic rings. The Morgan fingerprint density at radius 3 is 2.89 bits per heavy atom. The highest BCUT2D eigenvalue weighted by molar-refractivity contribution is 5.56. The van der Waals surface area contributed by atoms with Crippen LogP contribution in [0.5, 0.6) is 11.5 Å². The fourth-order valence-electron chi connectivity index (χ4n) is 1.67. The lowest BCUT2D eigenvalue weighted by molar-refractivity contribution is 0.139. The van der Waals surface area contributed by atoms with Crippen molar-refractivity contribution in [1.82, 2.24) is 0 Å². The molecule has 0 saturated carbocycles. The molecule has 0 atom stereocenters. The number of hydrogen-bond donors (Lipinski definition) is 1. The molecule has 0 saturated heterocycles. The van der Waals surface area contributed by atoms with Gasteiger partial charge in [0.25, 0.3) is 0 Å². The molecule has 0 unspecified atom stereocenters. The molecule has 1 aliphatic rings. The number of rotatable bonds is 6. The Hall–Kier alpha value is -1.52. The molecule has 1 aliphatic heterocycles. The van der Waals surface area contributed by atoms with Gasteiger partial charge in [0.05, 0.1) is 6.61 Å². The number of aliphatic hydroxyl groups is 1.